The lowest BCUT2D eigenvalue weighted by Crippen LogP contribution is -2.14. The highest BCUT2D eigenvalue weighted by Gasteiger charge is 2.13. The van der Waals surface area contributed by atoms with Gasteiger partial charge in [0.2, 0.25) is 5.91 Å². The molecule has 0 atom stereocenters. The normalized spacial score (nSPS) is 10.9. The average molecular weight is 420 g/mol. The van der Waals surface area contributed by atoms with Gasteiger partial charge in [-0.25, -0.2) is 4.98 Å². The number of carbonyl (C=O) groups is 1. The van der Waals surface area contributed by atoms with E-state index in [1.165, 1.54) is 6.33 Å². The molecule has 152 valence electrons. The minimum absolute atomic E-state index is 0.0644. The topological polar surface area (TPSA) is 81.4 Å². The Kier molecular flexibility index (Phi) is 5.67. The third-order valence-electron chi connectivity index (χ3n) is 4.73. The van der Waals surface area contributed by atoms with Gasteiger partial charge in [-0.2, -0.15) is 14.6 Å². The molecule has 4 rings (SSSR count). The molecule has 0 saturated heterocycles. The standard InChI is InChI=1S/C22H21N5O2S/c1-14-15(2)25-22-23-13-24-27(22)21(14)30-19-10-6-17(7-11-19)26-20(28)12-16-4-8-18(29-3)9-5-16/h4-11,13H,12H2,1-3H3,(H,26,28). The number of nitrogens with zero attached hydrogens (tertiary/aromatic N) is 4. The van der Waals surface area contributed by atoms with Crippen LogP contribution in [0.5, 0.6) is 5.75 Å². The van der Waals surface area contributed by atoms with Gasteiger partial charge in [-0.05, 0) is 55.8 Å². The second-order valence-electron chi connectivity index (χ2n) is 6.80. The summed E-state index contributed by atoms with van der Waals surface area (Å²) in [7, 11) is 1.62. The molecule has 0 saturated carbocycles. The summed E-state index contributed by atoms with van der Waals surface area (Å²) in [4.78, 5) is 22.0. The highest BCUT2D eigenvalue weighted by atomic mass is 32.2. The Hall–Kier alpha value is -3.39. The third-order valence-corrected chi connectivity index (χ3v) is 5.91. The molecular formula is C22H21N5O2S. The van der Waals surface area contributed by atoms with E-state index in [-0.39, 0.29) is 5.91 Å². The molecule has 8 heteroatoms. The minimum Gasteiger partial charge on any atom is -0.497 e. The van der Waals surface area contributed by atoms with E-state index < -0.39 is 0 Å². The molecule has 0 spiro atoms. The van der Waals surface area contributed by atoms with Gasteiger partial charge in [-0.1, -0.05) is 23.9 Å². The predicted molar refractivity (Wildman–Crippen MR) is 116 cm³/mol. The van der Waals surface area contributed by atoms with Crippen LogP contribution in [0.3, 0.4) is 0 Å². The first kappa shape index (κ1) is 19.9. The van der Waals surface area contributed by atoms with Crippen LogP contribution in [-0.4, -0.2) is 32.6 Å². The van der Waals surface area contributed by atoms with Crippen molar-refractivity contribution in [2.45, 2.75) is 30.2 Å². The maximum Gasteiger partial charge on any atom is 0.253 e. The van der Waals surface area contributed by atoms with Crippen molar-refractivity contribution in [3.05, 3.63) is 71.7 Å². The van der Waals surface area contributed by atoms with E-state index in [9.17, 15) is 4.79 Å². The highest BCUT2D eigenvalue weighted by Crippen LogP contribution is 2.31. The first-order chi connectivity index (χ1) is 14.5. The fraction of sp³-hybridized carbons (Fsp3) is 0.182. The summed E-state index contributed by atoms with van der Waals surface area (Å²) in [6, 6.07) is 15.2. The maximum absolute atomic E-state index is 12.3. The number of benzene rings is 2. The van der Waals surface area contributed by atoms with Crippen molar-refractivity contribution >= 4 is 29.1 Å². The fourth-order valence-corrected chi connectivity index (χ4v) is 3.99. The molecular weight excluding hydrogens is 398 g/mol. The van der Waals surface area contributed by atoms with E-state index in [1.54, 1.807) is 23.4 Å². The molecule has 0 bridgehead atoms. The van der Waals surface area contributed by atoms with Crippen LogP contribution in [0.15, 0.2) is 64.8 Å². The number of carbonyl (C=O) groups excluding carboxylic acids is 1. The van der Waals surface area contributed by atoms with Gasteiger partial charge in [-0.3, -0.25) is 4.79 Å². The van der Waals surface area contributed by atoms with E-state index in [0.717, 1.165) is 38.2 Å². The molecule has 0 unspecified atom stereocenters. The van der Waals surface area contributed by atoms with Crippen molar-refractivity contribution in [2.75, 3.05) is 12.4 Å². The zero-order chi connectivity index (χ0) is 21.1. The first-order valence-electron chi connectivity index (χ1n) is 9.41. The van der Waals surface area contributed by atoms with Crippen LogP contribution in [0.1, 0.15) is 16.8 Å². The molecule has 0 radical (unpaired) electrons. The summed E-state index contributed by atoms with van der Waals surface area (Å²) < 4.78 is 6.89. The van der Waals surface area contributed by atoms with Crippen LogP contribution in [0.4, 0.5) is 5.69 Å². The van der Waals surface area contributed by atoms with Gasteiger partial charge in [0.1, 0.15) is 17.1 Å². The van der Waals surface area contributed by atoms with E-state index in [2.05, 4.69) is 20.4 Å². The third kappa shape index (κ3) is 4.28. The number of ether oxygens (including phenoxy) is 1. The number of hydrogen-bond donors (Lipinski definition) is 1. The molecule has 4 aromatic rings. The van der Waals surface area contributed by atoms with E-state index in [0.29, 0.717) is 12.2 Å². The van der Waals surface area contributed by atoms with Crippen molar-refractivity contribution in [3.63, 3.8) is 0 Å². The Morgan fingerprint density at radius 2 is 1.83 bits per heavy atom. The monoisotopic (exact) mass is 419 g/mol. The molecule has 2 heterocycles. The molecule has 2 aromatic carbocycles. The lowest BCUT2D eigenvalue weighted by molar-refractivity contribution is -0.115. The van der Waals surface area contributed by atoms with Crippen molar-refractivity contribution in [3.8, 4) is 5.75 Å². The smallest absolute Gasteiger partial charge is 0.253 e. The SMILES string of the molecule is COc1ccc(CC(=O)Nc2ccc(Sc3c(C)c(C)nc4ncnn34)cc2)cc1. The maximum atomic E-state index is 12.3. The van der Waals surface area contributed by atoms with Crippen molar-refractivity contribution in [2.24, 2.45) is 0 Å². The molecule has 1 N–H and O–H groups in total. The number of rotatable bonds is 6. The molecule has 1 amide bonds. The predicted octanol–water partition coefficient (Wildman–Crippen LogP) is 4.08. The molecule has 0 aliphatic carbocycles. The molecule has 0 aliphatic heterocycles. The number of fused-ring (bicyclic) bond motifs is 1. The number of amides is 1. The molecule has 0 fully saturated rings. The summed E-state index contributed by atoms with van der Waals surface area (Å²) in [6.07, 6.45) is 1.81. The summed E-state index contributed by atoms with van der Waals surface area (Å²) in [5, 5.41) is 8.20. The lowest BCUT2D eigenvalue weighted by Gasteiger charge is -2.10. The number of nitrogens with one attached hydrogen (secondary N) is 1. The average Bonchev–Trinajstić information content (AvgIpc) is 3.21. The van der Waals surface area contributed by atoms with Gasteiger partial charge >= 0.3 is 0 Å². The number of methoxy groups -OCH3 is 1. The van der Waals surface area contributed by atoms with Gasteiger partial charge in [0.05, 0.1) is 13.5 Å². The van der Waals surface area contributed by atoms with E-state index >= 15 is 0 Å². The summed E-state index contributed by atoms with van der Waals surface area (Å²) in [6.45, 7) is 4.00. The lowest BCUT2D eigenvalue weighted by atomic mass is 10.1. The van der Waals surface area contributed by atoms with Gasteiger partial charge in [0, 0.05) is 21.8 Å². The van der Waals surface area contributed by atoms with Crippen LogP contribution >= 0.6 is 11.8 Å². The van der Waals surface area contributed by atoms with Crippen molar-refractivity contribution in [1.29, 1.82) is 0 Å². The number of aromatic nitrogens is 4. The second kappa shape index (κ2) is 8.54. The Balaban J connectivity index is 1.44. The summed E-state index contributed by atoms with van der Waals surface area (Å²) >= 11 is 1.59. The van der Waals surface area contributed by atoms with Gasteiger partial charge < -0.3 is 10.1 Å². The van der Waals surface area contributed by atoms with E-state index in [4.69, 9.17) is 4.74 Å². The highest BCUT2D eigenvalue weighted by molar-refractivity contribution is 7.99. The zero-order valence-corrected chi connectivity index (χ0v) is 17.7. The van der Waals surface area contributed by atoms with Crippen molar-refractivity contribution < 1.29 is 9.53 Å². The van der Waals surface area contributed by atoms with Crippen LogP contribution in [0, 0.1) is 13.8 Å². The van der Waals surface area contributed by atoms with Gasteiger partial charge in [0.25, 0.3) is 5.78 Å². The Bertz CT molecular complexity index is 1190. The van der Waals surface area contributed by atoms with Crippen molar-refractivity contribution in [1.82, 2.24) is 19.6 Å². The van der Waals surface area contributed by atoms with E-state index in [1.807, 2.05) is 62.4 Å². The summed E-state index contributed by atoms with van der Waals surface area (Å²) in [5.41, 5.74) is 3.68. The molecule has 0 aliphatic rings. The first-order valence-corrected chi connectivity index (χ1v) is 10.2. The molecule has 30 heavy (non-hydrogen) atoms. The zero-order valence-electron chi connectivity index (χ0n) is 16.9. The molecule has 7 nitrogen and oxygen atoms in total. The summed E-state index contributed by atoms with van der Waals surface area (Å²) in [5.74, 6) is 1.29. The van der Waals surface area contributed by atoms with Crippen LogP contribution in [0.2, 0.25) is 0 Å². The van der Waals surface area contributed by atoms with Crippen LogP contribution < -0.4 is 10.1 Å². The largest absolute Gasteiger partial charge is 0.497 e. The quantitative estimate of drug-likeness (QED) is 0.474. The number of hydrogen-bond acceptors (Lipinski definition) is 6. The minimum atomic E-state index is -0.0644. The van der Waals surface area contributed by atoms with Crippen LogP contribution in [0.25, 0.3) is 5.78 Å². The Labute approximate surface area is 178 Å². The number of aryl methyl sites for hydroxylation is 1. The number of anilines is 1. The Morgan fingerprint density at radius 1 is 1.10 bits per heavy atom. The van der Waals surface area contributed by atoms with Gasteiger partial charge in [-0.15, -0.1) is 0 Å². The second-order valence-corrected chi connectivity index (χ2v) is 7.86. The molecule has 2 aromatic heterocycles. The fourth-order valence-electron chi connectivity index (χ4n) is 2.97. The van der Waals surface area contributed by atoms with Gasteiger partial charge in [0.15, 0.2) is 0 Å². The van der Waals surface area contributed by atoms with Crippen LogP contribution in [-0.2, 0) is 11.2 Å². The Morgan fingerprint density at radius 3 is 2.53 bits per heavy atom.